The maximum atomic E-state index is 9.86. The molecular formula is C16H16O. The molecule has 0 bridgehead atoms. The minimum atomic E-state index is 0.359. The van der Waals surface area contributed by atoms with E-state index < -0.39 is 0 Å². The Labute approximate surface area is 102 Å². The van der Waals surface area contributed by atoms with Gasteiger partial charge >= 0.3 is 0 Å². The fourth-order valence-electron chi connectivity index (χ4n) is 2.42. The summed E-state index contributed by atoms with van der Waals surface area (Å²) in [5, 5.41) is 9.86. The smallest absolute Gasteiger partial charge is 0.123 e. The Kier molecular flexibility index (Phi) is 2.60. The lowest BCUT2D eigenvalue weighted by Gasteiger charge is -2.26. The van der Waals surface area contributed by atoms with Gasteiger partial charge in [-0.1, -0.05) is 48.9 Å². The van der Waals surface area contributed by atoms with Crippen molar-refractivity contribution in [3.05, 3.63) is 54.1 Å². The van der Waals surface area contributed by atoms with Gasteiger partial charge in [0.1, 0.15) is 5.75 Å². The van der Waals surface area contributed by atoms with Crippen molar-refractivity contribution in [2.75, 3.05) is 0 Å². The molecule has 1 saturated carbocycles. The molecule has 0 saturated heterocycles. The molecule has 1 N–H and O–H groups in total. The van der Waals surface area contributed by atoms with Crippen LogP contribution < -0.4 is 0 Å². The number of rotatable bonds is 2. The Hall–Kier alpha value is -1.76. The van der Waals surface area contributed by atoms with Crippen LogP contribution in [-0.2, 0) is 0 Å². The molecule has 0 atom stereocenters. The van der Waals surface area contributed by atoms with E-state index in [1.807, 2.05) is 18.2 Å². The molecule has 1 aliphatic rings. The molecule has 1 heteroatoms. The number of hydrogen-bond acceptors (Lipinski definition) is 1. The van der Waals surface area contributed by atoms with Crippen LogP contribution in [0.3, 0.4) is 0 Å². The highest BCUT2D eigenvalue weighted by molar-refractivity contribution is 5.70. The van der Waals surface area contributed by atoms with Crippen molar-refractivity contribution in [2.24, 2.45) is 0 Å². The van der Waals surface area contributed by atoms with Gasteiger partial charge in [0.2, 0.25) is 0 Å². The van der Waals surface area contributed by atoms with Crippen LogP contribution in [0.5, 0.6) is 5.75 Å². The Morgan fingerprint density at radius 2 is 1.76 bits per heavy atom. The first kappa shape index (κ1) is 10.4. The Morgan fingerprint density at radius 1 is 0.941 bits per heavy atom. The van der Waals surface area contributed by atoms with E-state index in [1.165, 1.54) is 24.8 Å². The zero-order chi connectivity index (χ0) is 11.7. The molecular weight excluding hydrogens is 208 g/mol. The number of phenolic OH excluding ortho intramolecular Hbond substituents is 1. The van der Waals surface area contributed by atoms with E-state index in [9.17, 15) is 5.11 Å². The average molecular weight is 224 g/mol. The van der Waals surface area contributed by atoms with Gasteiger partial charge in [0.25, 0.3) is 0 Å². The molecule has 0 amide bonds. The van der Waals surface area contributed by atoms with Crippen molar-refractivity contribution < 1.29 is 5.11 Å². The summed E-state index contributed by atoms with van der Waals surface area (Å²) in [5.74, 6) is 1.10. The van der Waals surface area contributed by atoms with Crippen molar-refractivity contribution in [3.8, 4) is 16.9 Å². The minimum absolute atomic E-state index is 0.359. The summed E-state index contributed by atoms with van der Waals surface area (Å²) in [6.45, 7) is 0. The van der Waals surface area contributed by atoms with Gasteiger partial charge in [-0.25, -0.2) is 0 Å². The zero-order valence-corrected chi connectivity index (χ0v) is 9.76. The molecule has 0 heterocycles. The fourth-order valence-corrected chi connectivity index (χ4v) is 2.42. The predicted octanol–water partition coefficient (Wildman–Crippen LogP) is 4.33. The van der Waals surface area contributed by atoms with Crippen LogP contribution in [0.1, 0.15) is 30.7 Å². The van der Waals surface area contributed by atoms with Crippen LogP contribution in [-0.4, -0.2) is 5.11 Å². The molecule has 0 aromatic heterocycles. The molecule has 17 heavy (non-hydrogen) atoms. The van der Waals surface area contributed by atoms with Gasteiger partial charge in [-0.3, -0.25) is 0 Å². The largest absolute Gasteiger partial charge is 0.507 e. The third-order valence-electron chi connectivity index (χ3n) is 3.68. The van der Waals surface area contributed by atoms with E-state index in [0.717, 1.165) is 17.0 Å². The molecule has 2 aromatic rings. The van der Waals surface area contributed by atoms with E-state index in [2.05, 4.69) is 24.3 Å². The zero-order valence-electron chi connectivity index (χ0n) is 9.76. The van der Waals surface area contributed by atoms with Crippen LogP contribution >= 0.6 is 0 Å². The summed E-state index contributed by atoms with van der Waals surface area (Å²) < 4.78 is 0. The highest BCUT2D eigenvalue weighted by Crippen LogP contribution is 2.38. The summed E-state index contributed by atoms with van der Waals surface area (Å²) in [5.41, 5.74) is 3.46. The van der Waals surface area contributed by atoms with Crippen molar-refractivity contribution in [1.82, 2.24) is 0 Å². The Morgan fingerprint density at radius 3 is 2.47 bits per heavy atom. The lowest BCUT2D eigenvalue weighted by atomic mass is 9.79. The van der Waals surface area contributed by atoms with Crippen LogP contribution in [0.15, 0.2) is 48.5 Å². The number of hydrogen-bond donors (Lipinski definition) is 1. The van der Waals surface area contributed by atoms with E-state index >= 15 is 0 Å². The molecule has 86 valence electrons. The second-order valence-electron chi connectivity index (χ2n) is 4.77. The second-order valence-corrected chi connectivity index (χ2v) is 4.77. The summed E-state index contributed by atoms with van der Waals surface area (Å²) in [6.07, 6.45) is 3.97. The Balaban J connectivity index is 2.00. The lowest BCUT2D eigenvalue weighted by molar-refractivity contribution is 0.420. The topological polar surface area (TPSA) is 20.2 Å². The standard InChI is InChI=1S/C16H16O/c17-16-10-2-1-9-15(16)14-8-4-7-13(11-14)12-5-3-6-12/h1-2,4,7-12,17H,3,5-6H2. The highest BCUT2D eigenvalue weighted by Gasteiger charge is 2.19. The number of phenols is 1. The molecule has 0 radical (unpaired) electrons. The molecule has 1 aliphatic carbocycles. The van der Waals surface area contributed by atoms with Gasteiger partial charge < -0.3 is 5.11 Å². The monoisotopic (exact) mass is 224 g/mol. The molecule has 0 spiro atoms. The van der Waals surface area contributed by atoms with E-state index in [4.69, 9.17) is 0 Å². The molecule has 1 nitrogen and oxygen atoms in total. The van der Waals surface area contributed by atoms with Gasteiger partial charge in [0.15, 0.2) is 0 Å². The first-order chi connectivity index (χ1) is 8.34. The van der Waals surface area contributed by atoms with Crippen molar-refractivity contribution in [3.63, 3.8) is 0 Å². The molecule has 2 aromatic carbocycles. The fraction of sp³-hybridized carbons (Fsp3) is 0.250. The summed E-state index contributed by atoms with van der Waals surface area (Å²) in [7, 11) is 0. The van der Waals surface area contributed by atoms with Crippen LogP contribution in [0.2, 0.25) is 0 Å². The first-order valence-electron chi connectivity index (χ1n) is 6.23. The van der Waals surface area contributed by atoms with Gasteiger partial charge in [0, 0.05) is 5.56 Å². The minimum Gasteiger partial charge on any atom is -0.507 e. The molecule has 0 unspecified atom stereocenters. The number of aromatic hydroxyl groups is 1. The van der Waals surface area contributed by atoms with Gasteiger partial charge in [0.05, 0.1) is 0 Å². The van der Waals surface area contributed by atoms with Crippen LogP contribution in [0, 0.1) is 0 Å². The van der Waals surface area contributed by atoms with Crippen LogP contribution in [0.4, 0.5) is 0 Å². The summed E-state index contributed by atoms with van der Waals surface area (Å²) in [6, 6.07) is 16.1. The van der Waals surface area contributed by atoms with E-state index in [0.29, 0.717) is 5.75 Å². The maximum Gasteiger partial charge on any atom is 0.123 e. The number of benzene rings is 2. The van der Waals surface area contributed by atoms with Crippen LogP contribution in [0.25, 0.3) is 11.1 Å². The van der Waals surface area contributed by atoms with Gasteiger partial charge in [-0.15, -0.1) is 0 Å². The molecule has 3 rings (SSSR count). The highest BCUT2D eigenvalue weighted by atomic mass is 16.3. The number of para-hydroxylation sites is 1. The van der Waals surface area contributed by atoms with Gasteiger partial charge in [-0.05, 0) is 36.0 Å². The lowest BCUT2D eigenvalue weighted by Crippen LogP contribution is -2.08. The average Bonchev–Trinajstić information content (AvgIpc) is 2.28. The van der Waals surface area contributed by atoms with Crippen molar-refractivity contribution in [1.29, 1.82) is 0 Å². The Bertz CT molecular complexity index is 527. The quantitative estimate of drug-likeness (QED) is 0.805. The van der Waals surface area contributed by atoms with Gasteiger partial charge in [-0.2, -0.15) is 0 Å². The third-order valence-corrected chi connectivity index (χ3v) is 3.68. The SMILES string of the molecule is Oc1ccccc1-c1cccc(C2CCC2)c1. The van der Waals surface area contributed by atoms with Crippen molar-refractivity contribution in [2.45, 2.75) is 25.2 Å². The molecule has 0 aliphatic heterocycles. The maximum absolute atomic E-state index is 9.86. The van der Waals surface area contributed by atoms with E-state index in [1.54, 1.807) is 6.07 Å². The van der Waals surface area contributed by atoms with Crippen molar-refractivity contribution >= 4 is 0 Å². The first-order valence-corrected chi connectivity index (χ1v) is 6.23. The normalized spacial score (nSPS) is 15.5. The summed E-state index contributed by atoms with van der Waals surface area (Å²) in [4.78, 5) is 0. The molecule has 1 fully saturated rings. The summed E-state index contributed by atoms with van der Waals surface area (Å²) >= 11 is 0. The second kappa shape index (κ2) is 4.25. The van der Waals surface area contributed by atoms with E-state index in [-0.39, 0.29) is 0 Å². The third kappa shape index (κ3) is 1.93. The predicted molar refractivity (Wildman–Crippen MR) is 70.1 cm³/mol.